The molecule has 1 aromatic rings. The topological polar surface area (TPSA) is 90.8 Å². The van der Waals surface area contributed by atoms with Gasteiger partial charge in [-0.05, 0) is 52.0 Å². The van der Waals surface area contributed by atoms with Gasteiger partial charge in [0.05, 0.1) is 6.54 Å². The number of hydrogen-bond acceptors (Lipinski definition) is 5. The van der Waals surface area contributed by atoms with Crippen LogP contribution in [-0.4, -0.2) is 94.6 Å². The number of nitrogens with one attached hydrogen (secondary N) is 1. The number of rotatable bonds is 4. The summed E-state index contributed by atoms with van der Waals surface area (Å²) < 4.78 is 1.81. The molecule has 0 saturated heterocycles. The van der Waals surface area contributed by atoms with E-state index in [1.807, 2.05) is 18.8 Å². The van der Waals surface area contributed by atoms with Crippen LogP contribution >= 0.6 is 0 Å². The lowest BCUT2D eigenvalue weighted by Crippen LogP contribution is -2.47. The maximum absolute atomic E-state index is 13.3. The molecule has 1 aromatic heterocycles. The Morgan fingerprint density at radius 2 is 1.86 bits per heavy atom. The minimum atomic E-state index is -0.161. The monoisotopic (exact) mass is 500 g/mol. The molecule has 1 unspecified atom stereocenters. The van der Waals surface area contributed by atoms with Crippen LogP contribution in [0.4, 0.5) is 0 Å². The standard InChI is InChI=1S/C27H44N6O3/c1-19(2)11-14-32-13-7-8-24(34)33(17-20(3)4)18-25(35)30(5)21-9-10-23-22(16-21)26(29-31(23)6)27(36)28-12-15-32/h11,20-21H,7-10,12-18H2,1-6H3,(H,28,36). The number of fused-ring (bicyclic) bond motifs is 1. The van der Waals surface area contributed by atoms with E-state index >= 15 is 0 Å². The predicted molar refractivity (Wildman–Crippen MR) is 141 cm³/mol. The molecule has 1 N–H and O–H groups in total. The lowest BCUT2D eigenvalue weighted by Gasteiger charge is -2.34. The molecule has 3 rings (SSSR count). The average Bonchev–Trinajstić information content (AvgIpc) is 3.15. The van der Waals surface area contributed by atoms with Gasteiger partial charge in [0.25, 0.3) is 5.91 Å². The lowest BCUT2D eigenvalue weighted by atomic mass is 9.90. The number of amides is 3. The van der Waals surface area contributed by atoms with E-state index in [2.05, 4.69) is 49.1 Å². The highest BCUT2D eigenvalue weighted by Crippen LogP contribution is 2.27. The number of aryl methyl sites for hydroxylation is 1. The van der Waals surface area contributed by atoms with Crippen LogP contribution in [0.25, 0.3) is 0 Å². The molecule has 9 heteroatoms. The summed E-state index contributed by atoms with van der Waals surface area (Å²) in [6.07, 6.45) is 5.45. The van der Waals surface area contributed by atoms with Crippen molar-refractivity contribution in [2.75, 3.05) is 46.3 Å². The Hall–Kier alpha value is -2.68. The lowest BCUT2D eigenvalue weighted by molar-refractivity contribution is -0.141. The molecule has 0 aromatic carbocycles. The molecule has 1 aliphatic carbocycles. The van der Waals surface area contributed by atoms with Gasteiger partial charge in [0.15, 0.2) is 5.69 Å². The predicted octanol–water partition coefficient (Wildman–Crippen LogP) is 2.01. The van der Waals surface area contributed by atoms with Crippen LogP contribution in [0.15, 0.2) is 11.6 Å². The maximum Gasteiger partial charge on any atom is 0.272 e. The van der Waals surface area contributed by atoms with Crippen LogP contribution in [0.2, 0.25) is 0 Å². The van der Waals surface area contributed by atoms with E-state index in [0.717, 1.165) is 37.2 Å². The van der Waals surface area contributed by atoms with E-state index in [9.17, 15) is 14.4 Å². The summed E-state index contributed by atoms with van der Waals surface area (Å²) in [5.74, 6) is 0.0985. The van der Waals surface area contributed by atoms with E-state index in [0.29, 0.717) is 44.6 Å². The third-order valence-electron chi connectivity index (χ3n) is 7.19. The molecular weight excluding hydrogens is 456 g/mol. The normalized spacial score (nSPS) is 21.0. The zero-order valence-electron chi connectivity index (χ0n) is 23.0. The third-order valence-corrected chi connectivity index (χ3v) is 7.19. The molecule has 0 saturated carbocycles. The van der Waals surface area contributed by atoms with Gasteiger partial charge in [-0.3, -0.25) is 24.0 Å². The van der Waals surface area contributed by atoms with Gasteiger partial charge in [0.1, 0.15) is 0 Å². The second kappa shape index (κ2) is 12.5. The summed E-state index contributed by atoms with van der Waals surface area (Å²) >= 11 is 0. The number of carbonyl (C=O) groups is 3. The number of likely N-dealkylation sites (N-methyl/N-ethyl adjacent to an activating group) is 1. The molecule has 200 valence electrons. The Labute approximate surface area is 215 Å². The maximum atomic E-state index is 13.3. The summed E-state index contributed by atoms with van der Waals surface area (Å²) in [6, 6.07) is -0.0213. The molecule has 2 heterocycles. The van der Waals surface area contributed by atoms with Crippen LogP contribution in [0.3, 0.4) is 0 Å². The first-order chi connectivity index (χ1) is 17.1. The van der Waals surface area contributed by atoms with Gasteiger partial charge in [0.2, 0.25) is 11.8 Å². The van der Waals surface area contributed by atoms with Crippen LogP contribution in [0, 0.1) is 5.92 Å². The number of aromatic nitrogens is 2. The van der Waals surface area contributed by atoms with Crippen molar-refractivity contribution >= 4 is 17.7 Å². The molecule has 2 bridgehead atoms. The van der Waals surface area contributed by atoms with E-state index in [-0.39, 0.29) is 36.2 Å². The van der Waals surface area contributed by atoms with Gasteiger partial charge in [-0.2, -0.15) is 5.10 Å². The van der Waals surface area contributed by atoms with Crippen molar-refractivity contribution in [1.82, 2.24) is 29.8 Å². The molecule has 36 heavy (non-hydrogen) atoms. The zero-order valence-corrected chi connectivity index (χ0v) is 23.0. The average molecular weight is 501 g/mol. The number of carbonyl (C=O) groups excluding carboxylic acids is 3. The molecule has 9 nitrogen and oxygen atoms in total. The van der Waals surface area contributed by atoms with Gasteiger partial charge < -0.3 is 15.1 Å². The smallest absolute Gasteiger partial charge is 0.272 e. The minimum Gasteiger partial charge on any atom is -0.349 e. The molecule has 0 fully saturated rings. The van der Waals surface area contributed by atoms with Gasteiger partial charge in [0, 0.05) is 64.0 Å². The Morgan fingerprint density at radius 1 is 1.11 bits per heavy atom. The molecule has 1 atom stereocenters. The minimum absolute atomic E-state index is 0.0213. The van der Waals surface area contributed by atoms with Crippen molar-refractivity contribution in [3.63, 3.8) is 0 Å². The molecule has 0 spiro atoms. The largest absolute Gasteiger partial charge is 0.349 e. The SMILES string of the molecule is CC(C)=CCN1CCCC(=O)N(CC(C)C)CC(=O)N(C)C2CCc3c(c(nn3C)C(=O)NCC1)C2. The molecular formula is C27H44N6O3. The fourth-order valence-electron chi connectivity index (χ4n) is 5.09. The number of allylic oxidation sites excluding steroid dienone is 1. The van der Waals surface area contributed by atoms with Crippen molar-refractivity contribution in [3.05, 3.63) is 28.6 Å². The second-order valence-corrected chi connectivity index (χ2v) is 10.9. The summed E-state index contributed by atoms with van der Waals surface area (Å²) in [5.41, 5.74) is 3.71. The number of nitrogens with zero attached hydrogens (tertiary/aromatic N) is 5. The van der Waals surface area contributed by atoms with Crippen molar-refractivity contribution in [2.45, 2.75) is 65.8 Å². The van der Waals surface area contributed by atoms with Gasteiger partial charge in [-0.15, -0.1) is 0 Å². The highest BCUT2D eigenvalue weighted by atomic mass is 16.2. The molecule has 2 aliphatic rings. The Balaban J connectivity index is 1.87. The Bertz CT molecular complexity index is 978. The first kappa shape index (κ1) is 27.9. The summed E-state index contributed by atoms with van der Waals surface area (Å²) in [5, 5.41) is 7.61. The molecule has 3 amide bonds. The summed E-state index contributed by atoms with van der Waals surface area (Å²) in [4.78, 5) is 45.3. The fourth-order valence-corrected chi connectivity index (χ4v) is 5.09. The Kier molecular flexibility index (Phi) is 9.70. The highest BCUT2D eigenvalue weighted by molar-refractivity contribution is 5.94. The van der Waals surface area contributed by atoms with E-state index in [1.54, 1.807) is 9.80 Å². The molecule has 1 aliphatic heterocycles. The van der Waals surface area contributed by atoms with Gasteiger partial charge in [-0.1, -0.05) is 25.5 Å². The van der Waals surface area contributed by atoms with Crippen molar-refractivity contribution in [1.29, 1.82) is 0 Å². The fraction of sp³-hybridized carbons (Fsp3) is 0.704. The van der Waals surface area contributed by atoms with Crippen molar-refractivity contribution in [3.8, 4) is 0 Å². The van der Waals surface area contributed by atoms with Crippen LogP contribution in [0.5, 0.6) is 0 Å². The summed E-state index contributed by atoms with van der Waals surface area (Å²) in [6.45, 7) is 11.7. The quantitative estimate of drug-likeness (QED) is 0.639. The van der Waals surface area contributed by atoms with Crippen LogP contribution < -0.4 is 5.32 Å². The Morgan fingerprint density at radius 3 is 2.56 bits per heavy atom. The molecule has 0 radical (unpaired) electrons. The number of hydrogen-bond donors (Lipinski definition) is 1. The first-order valence-electron chi connectivity index (χ1n) is 13.3. The van der Waals surface area contributed by atoms with Crippen molar-refractivity contribution in [2.24, 2.45) is 13.0 Å². The van der Waals surface area contributed by atoms with Gasteiger partial charge >= 0.3 is 0 Å². The van der Waals surface area contributed by atoms with Crippen molar-refractivity contribution < 1.29 is 14.4 Å². The van der Waals surface area contributed by atoms with E-state index < -0.39 is 0 Å². The highest BCUT2D eigenvalue weighted by Gasteiger charge is 2.32. The van der Waals surface area contributed by atoms with E-state index in [4.69, 9.17) is 0 Å². The second-order valence-electron chi connectivity index (χ2n) is 10.9. The third kappa shape index (κ3) is 7.18. The zero-order chi connectivity index (χ0) is 26.4. The van der Waals surface area contributed by atoms with Crippen LogP contribution in [-0.2, 0) is 29.5 Å². The first-order valence-corrected chi connectivity index (χ1v) is 13.3. The van der Waals surface area contributed by atoms with Gasteiger partial charge in [-0.25, -0.2) is 0 Å². The van der Waals surface area contributed by atoms with E-state index in [1.165, 1.54) is 5.57 Å². The summed E-state index contributed by atoms with van der Waals surface area (Å²) in [7, 11) is 3.70. The van der Waals surface area contributed by atoms with Crippen LogP contribution in [0.1, 0.15) is 68.7 Å².